The van der Waals surface area contributed by atoms with E-state index in [1.165, 1.54) is 26.9 Å². The van der Waals surface area contributed by atoms with Crippen LogP contribution in [-0.4, -0.2) is 161 Å². The average Bonchev–Trinajstić information content (AvgIpc) is 2.31. The Morgan fingerprint density at radius 3 is 1.56 bits per heavy atom. The molecule has 6 aliphatic rings. The molecule has 6 N–H and O–H groups in total. The number of allylic oxidation sites excluding steroid dienone is 2. The summed E-state index contributed by atoms with van der Waals surface area (Å²) in [6, 6.07) is -4.47. The molecule has 6 amide bonds. The van der Waals surface area contributed by atoms with Crippen molar-refractivity contribution in [1.82, 2.24) is 51.0 Å². The second kappa shape index (κ2) is 30.8. The molecule has 29 heteroatoms. The van der Waals surface area contributed by atoms with Crippen molar-refractivity contribution >= 4 is 111 Å². The number of esters is 2. The lowest BCUT2D eigenvalue weighted by molar-refractivity contribution is -0.150. The number of aliphatic hydroxyl groups is 1. The van der Waals surface area contributed by atoms with Crippen LogP contribution in [0.25, 0.3) is 0 Å². The van der Waals surface area contributed by atoms with Gasteiger partial charge in [0.2, 0.25) is 23.6 Å². The van der Waals surface area contributed by atoms with Crippen LogP contribution in [0.5, 0.6) is 0 Å². The first-order valence-corrected chi connectivity index (χ1v) is 32.5. The normalized spacial score (nSPS) is 28.4. The molecule has 6 heterocycles. The second-order valence-corrected chi connectivity index (χ2v) is 27.5. The predicted octanol–water partition coefficient (Wildman–Crippen LogP) is 6.86. The van der Waals surface area contributed by atoms with Gasteiger partial charge in [-0.15, -0.1) is 0 Å². The highest BCUT2D eigenvalue weighted by molar-refractivity contribution is 9.13. The number of nitrogens with zero attached hydrogens (tertiary/aromatic N) is 5. The van der Waals surface area contributed by atoms with Crippen molar-refractivity contribution in [3.63, 3.8) is 0 Å². The summed E-state index contributed by atoms with van der Waals surface area (Å²) in [5, 5.41) is 31.5. The fourth-order valence-electron chi connectivity index (χ4n) is 10.8. The lowest BCUT2D eigenvalue weighted by atomic mass is 10.0. The van der Waals surface area contributed by atoms with Crippen LogP contribution >= 0.6 is 63.7 Å². The Bertz CT molecular complexity index is 3040. The molecule has 2 aromatic heterocycles. The van der Waals surface area contributed by atoms with Gasteiger partial charge in [-0.05, 0) is 170 Å². The number of rotatable bonds is 7. The zero-order valence-electron chi connectivity index (χ0n) is 50.2. The highest BCUT2D eigenvalue weighted by Gasteiger charge is 2.63. The number of hydrogen-bond acceptors (Lipinski definition) is 17. The second-order valence-electron chi connectivity index (χ2n) is 24.2. The molecule has 2 saturated heterocycles. The fraction of sp³-hybridized carbons (Fsp3) is 0.655. The minimum Gasteiger partial charge on any atom is -0.464 e. The Balaban J connectivity index is 0.000000246. The van der Waals surface area contributed by atoms with Gasteiger partial charge in [0.15, 0.2) is 0 Å². The standard InChI is InChI=1S/C29H39Br2N5O7.C25H39N3O7.C4H2Br2N2O/c1-5-42-26(40)29-14-17(29)11-9-7-6-8-10-12-20(33-27(41)43-28(2,3)4)24(38)35-16-18(13-21(35)23(37)34-29)36-25(39)22(31)19(30)15-32-36;1-5-34-22(32)25-14-16(25)11-9-7-6-8-10-12-18(26-23(33)35-24(2,3)4)21(31)28-15-17(29)13-19(28)20(30)27-25;5-2-1-7-8-4(9)3(2)6/h9,11,15,17-18,20-21H,5-8,10,12-14,16H2,1-4H3,(H,33,41)(H,34,37);9,11,16-19,29H,5-8,10,12-15H2,1-4H3,(H,26,33)(H,27,30);1H,(H,8,9)/b2*11-9-;/t17-,18-,20+,21+,29-;16-,17+,18+,19+,25-;/m11./s1. The largest absolute Gasteiger partial charge is 0.464 e. The molecular weight excluding hydrogens is 1400 g/mol. The van der Waals surface area contributed by atoms with Gasteiger partial charge in [0.25, 0.3) is 11.1 Å². The van der Waals surface area contributed by atoms with Crippen LogP contribution in [0.1, 0.15) is 151 Å². The Hall–Kier alpha value is -5.52. The van der Waals surface area contributed by atoms with Gasteiger partial charge in [-0.2, -0.15) is 10.2 Å². The summed E-state index contributed by atoms with van der Waals surface area (Å²) in [5.74, 6) is -3.37. The number of carbonyl (C=O) groups excluding carboxylic acids is 8. The van der Waals surface area contributed by atoms with Crippen LogP contribution in [0.15, 0.2) is 64.2 Å². The highest BCUT2D eigenvalue weighted by Crippen LogP contribution is 2.47. The Kier molecular flexibility index (Phi) is 25.0. The maximum Gasteiger partial charge on any atom is 0.408 e. The van der Waals surface area contributed by atoms with Crippen LogP contribution in [-0.2, 0) is 47.7 Å². The highest BCUT2D eigenvalue weighted by atomic mass is 79.9. The molecule has 2 aliphatic carbocycles. The summed E-state index contributed by atoms with van der Waals surface area (Å²) in [4.78, 5) is 132. The number of carbonyl (C=O) groups is 8. The lowest BCUT2D eigenvalue weighted by Crippen LogP contribution is -2.56. The van der Waals surface area contributed by atoms with E-state index in [1.54, 1.807) is 55.4 Å². The van der Waals surface area contributed by atoms with Gasteiger partial charge in [-0.25, -0.2) is 29.0 Å². The molecule has 0 aromatic carbocycles. The van der Waals surface area contributed by atoms with E-state index in [-0.39, 0.29) is 61.0 Å². The third-order valence-corrected chi connectivity index (χ3v) is 19.0. The van der Waals surface area contributed by atoms with Crippen molar-refractivity contribution in [1.29, 1.82) is 0 Å². The zero-order chi connectivity index (χ0) is 64.2. The van der Waals surface area contributed by atoms with Crippen molar-refractivity contribution in [3.8, 4) is 0 Å². The average molecular weight is 1480 g/mol. The number of halogens is 4. The molecule has 0 radical (unpaired) electrons. The number of nitrogens with one attached hydrogen (secondary N) is 5. The third-order valence-electron chi connectivity index (χ3n) is 15.2. The Morgan fingerprint density at radius 1 is 0.655 bits per heavy atom. The number of hydrogen-bond donors (Lipinski definition) is 6. The van der Waals surface area contributed by atoms with Crippen LogP contribution in [0, 0.1) is 11.8 Å². The van der Waals surface area contributed by atoms with Gasteiger partial charge in [-0.3, -0.25) is 28.8 Å². The smallest absolute Gasteiger partial charge is 0.408 e. The zero-order valence-corrected chi connectivity index (χ0v) is 56.6. The number of H-pyrrole nitrogens is 1. The summed E-state index contributed by atoms with van der Waals surface area (Å²) >= 11 is 12.7. The first kappa shape index (κ1) is 70.6. The number of ether oxygens (including phenoxy) is 4. The Morgan fingerprint density at radius 2 is 1.11 bits per heavy atom. The molecule has 4 fully saturated rings. The van der Waals surface area contributed by atoms with E-state index in [0.717, 1.165) is 38.5 Å². The summed E-state index contributed by atoms with van der Waals surface area (Å²) in [6.45, 7) is 14.1. The van der Waals surface area contributed by atoms with Crippen molar-refractivity contribution in [2.24, 2.45) is 11.8 Å². The van der Waals surface area contributed by atoms with Crippen molar-refractivity contribution < 1.29 is 62.4 Å². The topological polar surface area (TPSA) is 329 Å². The molecule has 0 bridgehead atoms. The number of aliphatic hydroxyl groups excluding tert-OH is 1. The van der Waals surface area contributed by atoms with E-state index in [9.17, 15) is 53.1 Å². The van der Waals surface area contributed by atoms with Crippen LogP contribution in [0.3, 0.4) is 0 Å². The molecule has 2 saturated carbocycles. The number of amides is 6. The van der Waals surface area contributed by atoms with E-state index in [4.69, 9.17) is 18.9 Å². The van der Waals surface area contributed by atoms with Crippen molar-refractivity contribution in [3.05, 3.63) is 75.3 Å². The maximum absolute atomic E-state index is 14.1. The summed E-state index contributed by atoms with van der Waals surface area (Å²) in [5.41, 5.74) is -4.53. The first-order chi connectivity index (χ1) is 40.9. The van der Waals surface area contributed by atoms with E-state index < -0.39 is 112 Å². The van der Waals surface area contributed by atoms with Gasteiger partial charge in [0, 0.05) is 37.8 Å². The van der Waals surface area contributed by atoms with Crippen molar-refractivity contribution in [2.45, 2.75) is 204 Å². The summed E-state index contributed by atoms with van der Waals surface area (Å²) in [6.07, 6.45) is 16.6. The molecule has 25 nitrogen and oxygen atoms in total. The predicted molar refractivity (Wildman–Crippen MR) is 331 cm³/mol. The summed E-state index contributed by atoms with van der Waals surface area (Å²) < 4.78 is 24.5. The number of aromatic amines is 1. The molecular formula is C58H80Br4N10O15. The Labute approximate surface area is 538 Å². The van der Waals surface area contributed by atoms with E-state index >= 15 is 0 Å². The van der Waals surface area contributed by atoms with Crippen LogP contribution in [0.4, 0.5) is 9.59 Å². The molecule has 10 atom stereocenters. The maximum atomic E-state index is 14.1. The van der Waals surface area contributed by atoms with Crippen LogP contribution in [0.2, 0.25) is 0 Å². The van der Waals surface area contributed by atoms with E-state index in [1.807, 2.05) is 24.3 Å². The number of alkyl carbamates (subject to hydrolysis) is 2. The molecule has 87 heavy (non-hydrogen) atoms. The molecule has 480 valence electrons. The summed E-state index contributed by atoms with van der Waals surface area (Å²) in [7, 11) is 0. The molecule has 2 aromatic rings. The van der Waals surface area contributed by atoms with Gasteiger partial charge >= 0.3 is 24.1 Å². The van der Waals surface area contributed by atoms with Crippen molar-refractivity contribution in [2.75, 3.05) is 26.3 Å². The SMILES string of the molecule is CCOC(=O)[C@@]12C[C@H]1/C=C\CCCCC[C@H](NC(=O)OC(C)(C)C)C(=O)N1C[C@@H](O)C[C@H]1C(=O)N2.CCOC(=O)[C@@]12C[C@H]1/C=C\CCCCC[C@H](NC(=O)OC(C)(C)C)C(=O)N1C[C@H](n3ncc(Br)c(Br)c3=O)C[C@H]1C(=O)N2.O=c1[nH]ncc(Br)c1Br. The quantitative estimate of drug-likeness (QED) is 0.0937. The molecule has 0 unspecified atom stereocenters. The molecule has 4 aliphatic heterocycles. The first-order valence-electron chi connectivity index (χ1n) is 29.4. The lowest BCUT2D eigenvalue weighted by Gasteiger charge is -2.30. The van der Waals surface area contributed by atoms with Gasteiger partial charge < -0.3 is 55.1 Å². The fourth-order valence-corrected chi connectivity index (χ4v) is 11.8. The van der Waals surface area contributed by atoms with Gasteiger partial charge in [0.05, 0.1) is 51.2 Å². The monoisotopic (exact) mass is 1470 g/mol. The molecule has 8 rings (SSSR count). The minimum absolute atomic E-state index is 0.000134. The molecule has 0 spiro atoms. The van der Waals surface area contributed by atoms with Gasteiger partial charge in [0.1, 0.15) is 50.9 Å². The minimum atomic E-state index is -1.22. The van der Waals surface area contributed by atoms with Gasteiger partial charge in [-0.1, -0.05) is 50.0 Å². The van der Waals surface area contributed by atoms with E-state index in [2.05, 4.69) is 100 Å². The number of fused-ring (bicyclic) bond motifs is 4. The van der Waals surface area contributed by atoms with Crippen LogP contribution < -0.4 is 32.4 Å². The van der Waals surface area contributed by atoms with E-state index in [0.29, 0.717) is 51.9 Å². The number of aromatic nitrogens is 4. The third kappa shape index (κ3) is 19.0.